The molecule has 5 heteroatoms. The van der Waals surface area contributed by atoms with Crippen LogP contribution in [0.1, 0.15) is 48.9 Å². The normalized spacial score (nSPS) is 19.8. The monoisotopic (exact) mass is 366 g/mol. The third-order valence-corrected chi connectivity index (χ3v) is 5.32. The summed E-state index contributed by atoms with van der Waals surface area (Å²) in [6.07, 6.45) is 10.1. The van der Waals surface area contributed by atoms with Gasteiger partial charge < -0.3 is 9.64 Å². The average Bonchev–Trinajstić information content (AvgIpc) is 2.51. The number of halogens is 1. The first-order valence-corrected chi connectivity index (χ1v) is 8.95. The van der Waals surface area contributed by atoms with Gasteiger partial charge in [-0.3, -0.25) is 0 Å². The van der Waals surface area contributed by atoms with Crippen LogP contribution in [0.3, 0.4) is 0 Å². The van der Waals surface area contributed by atoms with E-state index in [1.165, 1.54) is 45.6 Å². The maximum Gasteiger partial charge on any atom is 0.341 e. The predicted octanol–water partition coefficient (Wildman–Crippen LogP) is 4.04. The summed E-state index contributed by atoms with van der Waals surface area (Å²) in [6.45, 7) is 2.02. The molecule has 3 rings (SSSR count). The molecule has 0 radical (unpaired) electrons. The van der Waals surface area contributed by atoms with Crippen molar-refractivity contribution in [1.82, 2.24) is 4.98 Å². The van der Waals surface area contributed by atoms with E-state index in [0.29, 0.717) is 5.56 Å². The van der Waals surface area contributed by atoms with Gasteiger partial charge in [0.15, 0.2) is 0 Å². The summed E-state index contributed by atoms with van der Waals surface area (Å²) < 4.78 is 5.67. The van der Waals surface area contributed by atoms with E-state index in [1.54, 1.807) is 12.3 Å². The van der Waals surface area contributed by atoms with Crippen molar-refractivity contribution in [3.63, 3.8) is 0 Å². The molecule has 1 saturated heterocycles. The highest BCUT2D eigenvalue weighted by molar-refractivity contribution is 9.10. The van der Waals surface area contributed by atoms with E-state index in [2.05, 4.69) is 25.8 Å². The topological polar surface area (TPSA) is 42.4 Å². The highest BCUT2D eigenvalue weighted by atomic mass is 79.9. The summed E-state index contributed by atoms with van der Waals surface area (Å²) in [7, 11) is 1.41. The Morgan fingerprint density at radius 3 is 2.73 bits per heavy atom. The van der Waals surface area contributed by atoms with Crippen molar-refractivity contribution in [3.8, 4) is 0 Å². The number of nitrogens with zero attached hydrogens (tertiary/aromatic N) is 2. The van der Waals surface area contributed by atoms with Crippen molar-refractivity contribution in [2.75, 3.05) is 25.1 Å². The number of aromatic nitrogens is 1. The summed E-state index contributed by atoms with van der Waals surface area (Å²) >= 11 is 3.37. The molecule has 0 bridgehead atoms. The van der Waals surface area contributed by atoms with Gasteiger partial charge in [-0.15, -0.1) is 0 Å². The summed E-state index contributed by atoms with van der Waals surface area (Å²) in [5, 5.41) is 0. The van der Waals surface area contributed by atoms with Crippen LogP contribution in [0.2, 0.25) is 0 Å². The van der Waals surface area contributed by atoms with Crippen molar-refractivity contribution in [1.29, 1.82) is 0 Å². The minimum Gasteiger partial charge on any atom is -0.465 e. The van der Waals surface area contributed by atoms with Gasteiger partial charge in [-0.2, -0.15) is 0 Å². The molecule has 22 heavy (non-hydrogen) atoms. The van der Waals surface area contributed by atoms with Crippen LogP contribution >= 0.6 is 15.9 Å². The molecule has 0 unspecified atom stereocenters. The molecule has 120 valence electrons. The highest BCUT2D eigenvalue weighted by Crippen LogP contribution is 2.35. The lowest BCUT2D eigenvalue weighted by atomic mass is 9.80. The Bertz CT molecular complexity index is 537. The molecule has 1 aromatic rings. The predicted molar refractivity (Wildman–Crippen MR) is 90.2 cm³/mol. The van der Waals surface area contributed by atoms with Crippen LogP contribution in [-0.2, 0) is 4.74 Å². The molecule has 1 aromatic heterocycles. The number of carbonyl (C=O) groups excluding carboxylic acids is 1. The third-order valence-electron chi connectivity index (χ3n) is 4.89. The van der Waals surface area contributed by atoms with Crippen molar-refractivity contribution in [2.45, 2.75) is 38.5 Å². The quantitative estimate of drug-likeness (QED) is 0.754. The number of methoxy groups -OCH3 is 1. The van der Waals surface area contributed by atoms with Gasteiger partial charge in [0.05, 0.1) is 7.11 Å². The van der Waals surface area contributed by atoms with Crippen molar-refractivity contribution < 1.29 is 9.53 Å². The van der Waals surface area contributed by atoms with Crippen molar-refractivity contribution >= 4 is 27.7 Å². The molecule has 1 saturated carbocycles. The van der Waals surface area contributed by atoms with Crippen molar-refractivity contribution in [3.05, 3.63) is 22.3 Å². The summed E-state index contributed by atoms with van der Waals surface area (Å²) in [5.41, 5.74) is 0.549. The van der Waals surface area contributed by atoms with Gasteiger partial charge in [-0.25, -0.2) is 9.78 Å². The molecule has 0 spiro atoms. The number of esters is 1. The number of rotatable bonds is 4. The lowest BCUT2D eigenvalue weighted by Crippen LogP contribution is -2.48. The van der Waals surface area contributed by atoms with Crippen LogP contribution in [0, 0.1) is 11.8 Å². The number of carbonyl (C=O) groups is 1. The van der Waals surface area contributed by atoms with Crippen LogP contribution in [0.5, 0.6) is 0 Å². The lowest BCUT2D eigenvalue weighted by Gasteiger charge is -2.42. The molecule has 1 aliphatic heterocycles. The average molecular weight is 367 g/mol. The zero-order valence-electron chi connectivity index (χ0n) is 13.1. The fourth-order valence-corrected chi connectivity index (χ4v) is 4.06. The third kappa shape index (κ3) is 3.45. The fourth-order valence-electron chi connectivity index (χ4n) is 3.73. The largest absolute Gasteiger partial charge is 0.465 e. The Kier molecular flexibility index (Phi) is 5.01. The van der Waals surface area contributed by atoms with Gasteiger partial charge in [0, 0.05) is 23.8 Å². The molecule has 1 aliphatic carbocycles. The van der Waals surface area contributed by atoms with Crippen LogP contribution in [0.25, 0.3) is 0 Å². The molecular weight excluding hydrogens is 344 g/mol. The second-order valence-corrected chi connectivity index (χ2v) is 7.44. The molecule has 4 nitrogen and oxygen atoms in total. The van der Waals surface area contributed by atoms with E-state index >= 15 is 0 Å². The number of pyridine rings is 1. The van der Waals surface area contributed by atoms with Crippen LogP contribution in [0.15, 0.2) is 16.7 Å². The first-order chi connectivity index (χ1) is 10.7. The van der Waals surface area contributed by atoms with Gasteiger partial charge in [-0.1, -0.05) is 32.1 Å². The van der Waals surface area contributed by atoms with Gasteiger partial charge in [0.1, 0.15) is 11.4 Å². The Morgan fingerprint density at radius 2 is 2.05 bits per heavy atom. The molecule has 0 amide bonds. The molecule has 0 aromatic carbocycles. The zero-order valence-corrected chi connectivity index (χ0v) is 14.6. The standard InChI is InChI=1S/C17H23BrN2O2/c1-22-17(21)15-8-14(18)9-19-16(15)20-10-13(11-20)7-12-5-3-2-4-6-12/h8-9,12-13H,2-7,10-11H2,1H3. The molecule has 0 atom stereocenters. The van der Waals surface area contributed by atoms with Crippen LogP contribution in [0.4, 0.5) is 5.82 Å². The maximum atomic E-state index is 11.9. The number of anilines is 1. The van der Waals surface area contributed by atoms with E-state index < -0.39 is 0 Å². The van der Waals surface area contributed by atoms with Crippen molar-refractivity contribution in [2.24, 2.45) is 11.8 Å². The lowest BCUT2D eigenvalue weighted by molar-refractivity contribution is 0.0600. The minimum absolute atomic E-state index is 0.320. The van der Waals surface area contributed by atoms with Crippen LogP contribution in [-0.4, -0.2) is 31.2 Å². The van der Waals surface area contributed by atoms with Gasteiger partial charge in [-0.05, 0) is 40.3 Å². The van der Waals surface area contributed by atoms with E-state index in [9.17, 15) is 4.79 Å². The van der Waals surface area contributed by atoms with Gasteiger partial charge in [0.2, 0.25) is 0 Å². The summed E-state index contributed by atoms with van der Waals surface area (Å²) in [5.74, 6) is 2.10. The first-order valence-electron chi connectivity index (χ1n) is 8.16. The zero-order chi connectivity index (χ0) is 15.5. The molecule has 2 aliphatic rings. The number of ether oxygens (including phenoxy) is 1. The smallest absolute Gasteiger partial charge is 0.341 e. The van der Waals surface area contributed by atoms with E-state index in [-0.39, 0.29) is 5.97 Å². The van der Waals surface area contributed by atoms with E-state index in [1.807, 2.05) is 0 Å². The Morgan fingerprint density at radius 1 is 1.32 bits per heavy atom. The SMILES string of the molecule is COC(=O)c1cc(Br)cnc1N1CC(CC2CCCCC2)C1. The minimum atomic E-state index is -0.320. The van der Waals surface area contributed by atoms with Gasteiger partial charge in [0.25, 0.3) is 0 Å². The second-order valence-electron chi connectivity index (χ2n) is 6.53. The number of hydrogen-bond donors (Lipinski definition) is 0. The molecule has 2 heterocycles. The van der Waals surface area contributed by atoms with E-state index in [4.69, 9.17) is 4.74 Å². The molecule has 2 fully saturated rings. The molecular formula is C17H23BrN2O2. The Balaban J connectivity index is 1.61. The summed E-state index contributed by atoms with van der Waals surface area (Å²) in [4.78, 5) is 18.5. The first kappa shape index (κ1) is 15.8. The highest BCUT2D eigenvalue weighted by Gasteiger charge is 2.32. The maximum absolute atomic E-state index is 11.9. The van der Waals surface area contributed by atoms with Crippen LogP contribution < -0.4 is 4.90 Å². The fraction of sp³-hybridized carbons (Fsp3) is 0.647. The Labute approximate surface area is 140 Å². The summed E-state index contributed by atoms with van der Waals surface area (Å²) in [6, 6.07) is 1.79. The number of hydrogen-bond acceptors (Lipinski definition) is 4. The Hall–Kier alpha value is -1.10. The second kappa shape index (κ2) is 6.99. The van der Waals surface area contributed by atoms with Gasteiger partial charge >= 0.3 is 5.97 Å². The molecule has 0 N–H and O–H groups in total. The van der Waals surface area contributed by atoms with E-state index in [0.717, 1.165) is 35.2 Å².